The molecule has 1 N–H and O–H groups in total. The number of ether oxygens (including phenoxy) is 1. The Morgan fingerprint density at radius 1 is 1.12 bits per heavy atom. The van der Waals surface area contributed by atoms with Crippen LogP contribution < -0.4 is 10.1 Å². The summed E-state index contributed by atoms with van der Waals surface area (Å²) >= 11 is 0. The second kappa shape index (κ2) is 10.0. The van der Waals surface area contributed by atoms with E-state index in [1.807, 2.05) is 48.5 Å². The summed E-state index contributed by atoms with van der Waals surface area (Å²) in [5.74, 6) is 0.136. The lowest BCUT2D eigenvalue weighted by atomic mass is 10.1. The molecule has 2 aromatic rings. The fraction of sp³-hybridized carbons (Fsp3) is 0.238. The molecule has 1 unspecified atom stereocenters. The van der Waals surface area contributed by atoms with Crippen LogP contribution in [0.15, 0.2) is 73.3 Å². The van der Waals surface area contributed by atoms with Gasteiger partial charge in [-0.3, -0.25) is 9.59 Å². The lowest BCUT2D eigenvalue weighted by molar-refractivity contribution is -0.142. The molecule has 0 heterocycles. The zero-order valence-corrected chi connectivity index (χ0v) is 14.9. The molecule has 26 heavy (non-hydrogen) atoms. The second-order valence-corrected chi connectivity index (χ2v) is 5.82. The molecule has 0 bridgehead atoms. The molecule has 0 spiro atoms. The third-order valence-electron chi connectivity index (χ3n) is 3.89. The Balaban J connectivity index is 2.09. The zero-order chi connectivity index (χ0) is 18.8. The quantitative estimate of drug-likeness (QED) is 0.706. The number of rotatable bonds is 9. The maximum atomic E-state index is 12.7. The average molecular weight is 352 g/mol. The minimum Gasteiger partial charge on any atom is -0.484 e. The van der Waals surface area contributed by atoms with E-state index in [9.17, 15) is 9.59 Å². The molecule has 2 aromatic carbocycles. The van der Waals surface area contributed by atoms with Gasteiger partial charge in [0, 0.05) is 13.1 Å². The molecule has 0 saturated carbocycles. The van der Waals surface area contributed by atoms with Gasteiger partial charge in [-0.15, -0.1) is 6.58 Å². The lowest BCUT2D eigenvalue weighted by Crippen LogP contribution is -2.49. The van der Waals surface area contributed by atoms with Gasteiger partial charge in [-0.1, -0.05) is 54.6 Å². The molecule has 0 saturated heterocycles. The van der Waals surface area contributed by atoms with Crippen LogP contribution in [0.4, 0.5) is 0 Å². The predicted molar refractivity (Wildman–Crippen MR) is 102 cm³/mol. The van der Waals surface area contributed by atoms with Crippen LogP contribution in [0, 0.1) is 0 Å². The van der Waals surface area contributed by atoms with Gasteiger partial charge in [0.25, 0.3) is 5.91 Å². The molecule has 0 radical (unpaired) electrons. The van der Waals surface area contributed by atoms with Gasteiger partial charge < -0.3 is 15.0 Å². The zero-order valence-electron chi connectivity index (χ0n) is 14.9. The van der Waals surface area contributed by atoms with Crippen LogP contribution >= 0.6 is 0 Å². The minimum atomic E-state index is -0.623. The van der Waals surface area contributed by atoms with Gasteiger partial charge >= 0.3 is 0 Å². The van der Waals surface area contributed by atoms with Gasteiger partial charge in [0.2, 0.25) is 5.91 Å². The van der Waals surface area contributed by atoms with Crippen LogP contribution in [-0.2, 0) is 16.1 Å². The van der Waals surface area contributed by atoms with Crippen LogP contribution in [0.25, 0.3) is 0 Å². The minimum absolute atomic E-state index is 0.129. The molecule has 0 aliphatic carbocycles. The maximum Gasteiger partial charge on any atom is 0.261 e. The first-order valence-electron chi connectivity index (χ1n) is 8.51. The van der Waals surface area contributed by atoms with E-state index in [0.29, 0.717) is 18.8 Å². The molecule has 2 amide bonds. The summed E-state index contributed by atoms with van der Waals surface area (Å²) in [7, 11) is 0. The fourth-order valence-electron chi connectivity index (χ4n) is 2.43. The number of benzene rings is 2. The third kappa shape index (κ3) is 5.77. The summed E-state index contributed by atoms with van der Waals surface area (Å²) in [5, 5.41) is 2.74. The van der Waals surface area contributed by atoms with Gasteiger partial charge in [-0.05, 0) is 24.6 Å². The van der Waals surface area contributed by atoms with Crippen LogP contribution in [0.1, 0.15) is 12.5 Å². The van der Waals surface area contributed by atoms with Crippen LogP contribution in [-0.4, -0.2) is 35.9 Å². The highest BCUT2D eigenvalue weighted by Crippen LogP contribution is 2.12. The topological polar surface area (TPSA) is 58.6 Å². The summed E-state index contributed by atoms with van der Waals surface area (Å²) in [6.07, 6.45) is 1.60. The first-order valence-corrected chi connectivity index (χ1v) is 8.51. The smallest absolute Gasteiger partial charge is 0.261 e. The molecule has 0 aliphatic heterocycles. The first-order chi connectivity index (χ1) is 12.6. The number of hydrogen-bond acceptors (Lipinski definition) is 3. The van der Waals surface area contributed by atoms with E-state index in [2.05, 4.69) is 11.9 Å². The molecule has 5 heteroatoms. The number of nitrogens with one attached hydrogen (secondary N) is 1. The molecule has 1 atom stereocenters. The number of hydrogen-bond donors (Lipinski definition) is 1. The fourth-order valence-corrected chi connectivity index (χ4v) is 2.43. The van der Waals surface area contributed by atoms with E-state index in [0.717, 1.165) is 5.56 Å². The SMILES string of the molecule is C=CCNC(=O)C(C)N(Cc1ccccc1)C(=O)COc1ccccc1. The Hall–Kier alpha value is -3.08. The van der Waals surface area contributed by atoms with Crippen molar-refractivity contribution < 1.29 is 14.3 Å². The van der Waals surface area contributed by atoms with Gasteiger partial charge in [0.15, 0.2) is 6.61 Å². The highest BCUT2D eigenvalue weighted by Gasteiger charge is 2.26. The highest BCUT2D eigenvalue weighted by atomic mass is 16.5. The predicted octanol–water partition coefficient (Wildman–Crippen LogP) is 2.78. The van der Waals surface area contributed by atoms with Crippen molar-refractivity contribution >= 4 is 11.8 Å². The number of para-hydroxylation sites is 1. The highest BCUT2D eigenvalue weighted by molar-refractivity contribution is 5.88. The molecular formula is C21H24N2O3. The first kappa shape index (κ1) is 19.2. The Morgan fingerprint density at radius 2 is 1.73 bits per heavy atom. The Kier molecular flexibility index (Phi) is 7.43. The van der Waals surface area contributed by atoms with E-state index in [4.69, 9.17) is 4.74 Å². The van der Waals surface area contributed by atoms with E-state index in [-0.39, 0.29) is 18.4 Å². The van der Waals surface area contributed by atoms with Crippen molar-refractivity contribution in [1.82, 2.24) is 10.2 Å². The van der Waals surface area contributed by atoms with Crippen LogP contribution in [0.5, 0.6) is 5.75 Å². The van der Waals surface area contributed by atoms with Crippen molar-refractivity contribution in [3.05, 3.63) is 78.9 Å². The molecule has 0 fully saturated rings. The van der Waals surface area contributed by atoms with Crippen molar-refractivity contribution in [2.75, 3.05) is 13.2 Å². The molecule has 0 aromatic heterocycles. The van der Waals surface area contributed by atoms with E-state index < -0.39 is 6.04 Å². The second-order valence-electron chi connectivity index (χ2n) is 5.82. The van der Waals surface area contributed by atoms with Gasteiger partial charge in [0.1, 0.15) is 11.8 Å². The maximum absolute atomic E-state index is 12.7. The van der Waals surface area contributed by atoms with Gasteiger partial charge in [-0.25, -0.2) is 0 Å². The Labute approximate surface area is 154 Å². The third-order valence-corrected chi connectivity index (χ3v) is 3.89. The van der Waals surface area contributed by atoms with Crippen molar-refractivity contribution in [3.63, 3.8) is 0 Å². The summed E-state index contributed by atoms with van der Waals surface area (Å²) in [6.45, 7) is 5.86. The normalized spacial score (nSPS) is 11.3. The molecule has 2 rings (SSSR count). The lowest BCUT2D eigenvalue weighted by Gasteiger charge is -2.28. The summed E-state index contributed by atoms with van der Waals surface area (Å²) in [6, 6.07) is 18.1. The van der Waals surface area contributed by atoms with E-state index in [1.165, 1.54) is 4.90 Å². The molecular weight excluding hydrogens is 328 g/mol. The standard InChI is InChI=1S/C21H24N2O3/c1-3-14-22-21(25)17(2)23(15-18-10-6-4-7-11-18)20(24)16-26-19-12-8-5-9-13-19/h3-13,17H,1,14-16H2,2H3,(H,22,25). The number of nitrogens with zero attached hydrogens (tertiary/aromatic N) is 1. The van der Waals surface area contributed by atoms with E-state index in [1.54, 1.807) is 25.1 Å². The van der Waals surface area contributed by atoms with Crippen molar-refractivity contribution in [1.29, 1.82) is 0 Å². The summed E-state index contributed by atoms with van der Waals surface area (Å²) < 4.78 is 5.56. The summed E-state index contributed by atoms with van der Waals surface area (Å²) in [5.41, 5.74) is 0.948. The molecule has 0 aliphatic rings. The summed E-state index contributed by atoms with van der Waals surface area (Å²) in [4.78, 5) is 26.6. The van der Waals surface area contributed by atoms with Crippen molar-refractivity contribution in [3.8, 4) is 5.75 Å². The monoisotopic (exact) mass is 352 g/mol. The number of amides is 2. The average Bonchev–Trinajstić information content (AvgIpc) is 2.69. The Morgan fingerprint density at radius 3 is 2.35 bits per heavy atom. The van der Waals surface area contributed by atoms with Gasteiger partial charge in [0.05, 0.1) is 0 Å². The van der Waals surface area contributed by atoms with Crippen LogP contribution in [0.2, 0.25) is 0 Å². The number of carbonyl (C=O) groups is 2. The largest absolute Gasteiger partial charge is 0.484 e. The van der Waals surface area contributed by atoms with Crippen LogP contribution in [0.3, 0.4) is 0 Å². The van der Waals surface area contributed by atoms with Gasteiger partial charge in [-0.2, -0.15) is 0 Å². The van der Waals surface area contributed by atoms with Crippen molar-refractivity contribution in [2.45, 2.75) is 19.5 Å². The van der Waals surface area contributed by atoms with Crippen molar-refractivity contribution in [2.24, 2.45) is 0 Å². The molecule has 5 nitrogen and oxygen atoms in total. The number of carbonyl (C=O) groups excluding carboxylic acids is 2. The van der Waals surface area contributed by atoms with E-state index >= 15 is 0 Å². The Bertz CT molecular complexity index is 717. The molecule has 136 valence electrons.